The number of urea groups is 2. The maximum atomic E-state index is 12.1. The summed E-state index contributed by atoms with van der Waals surface area (Å²) < 4.78 is 0. The molecule has 132 valence electrons. The van der Waals surface area contributed by atoms with Crippen LogP contribution in [0.15, 0.2) is 0 Å². The number of rotatable bonds is 3. The zero-order chi connectivity index (χ0) is 16.8. The predicted octanol–water partition coefficient (Wildman–Crippen LogP) is 2.16. The van der Waals surface area contributed by atoms with Crippen LogP contribution in [-0.2, 0) is 0 Å². The topological polar surface area (TPSA) is 73.5 Å². The quantitative estimate of drug-likeness (QED) is 0.744. The lowest BCUT2D eigenvalue weighted by atomic mass is 9.77. The van der Waals surface area contributed by atoms with Crippen LogP contribution in [0.25, 0.3) is 0 Å². The summed E-state index contributed by atoms with van der Waals surface area (Å²) in [5, 5.41) is 8.73. The Kier molecular flexibility index (Phi) is 6.54. The van der Waals surface area contributed by atoms with Crippen molar-refractivity contribution in [3.05, 3.63) is 0 Å². The molecule has 0 bridgehead atoms. The number of likely N-dealkylation sites (tertiary alicyclic amines) is 1. The van der Waals surface area contributed by atoms with Crippen molar-refractivity contribution in [1.82, 2.24) is 20.9 Å². The molecule has 0 aromatic heterocycles. The van der Waals surface area contributed by atoms with Gasteiger partial charge in [-0.1, -0.05) is 13.8 Å². The molecule has 3 N–H and O–H groups in total. The van der Waals surface area contributed by atoms with E-state index in [0.29, 0.717) is 19.0 Å². The Bertz CT molecular complexity index is 397. The molecule has 1 heterocycles. The predicted molar refractivity (Wildman–Crippen MR) is 91.3 cm³/mol. The van der Waals surface area contributed by atoms with Crippen LogP contribution in [0, 0.1) is 17.8 Å². The van der Waals surface area contributed by atoms with Crippen molar-refractivity contribution in [3.8, 4) is 0 Å². The fraction of sp³-hybridized carbons (Fsp3) is 0.882. The van der Waals surface area contributed by atoms with Crippen molar-refractivity contribution in [2.45, 2.75) is 52.0 Å². The summed E-state index contributed by atoms with van der Waals surface area (Å²) in [6.45, 7) is 6.79. The van der Waals surface area contributed by atoms with Gasteiger partial charge >= 0.3 is 12.1 Å². The third kappa shape index (κ3) is 5.59. The molecule has 0 radical (unpaired) electrons. The van der Waals surface area contributed by atoms with Gasteiger partial charge in [0, 0.05) is 32.7 Å². The van der Waals surface area contributed by atoms with E-state index in [1.54, 1.807) is 11.9 Å². The van der Waals surface area contributed by atoms with Crippen molar-refractivity contribution in [3.63, 3.8) is 0 Å². The molecule has 2 aliphatic rings. The maximum absolute atomic E-state index is 12.1. The Morgan fingerprint density at radius 2 is 1.65 bits per heavy atom. The van der Waals surface area contributed by atoms with Crippen molar-refractivity contribution in [1.29, 1.82) is 0 Å². The molecular formula is C17H32N4O2. The van der Waals surface area contributed by atoms with Crippen molar-refractivity contribution < 1.29 is 9.59 Å². The lowest BCUT2D eigenvalue weighted by Crippen LogP contribution is -2.51. The Hall–Kier alpha value is -1.46. The van der Waals surface area contributed by atoms with Crippen LogP contribution in [0.5, 0.6) is 0 Å². The summed E-state index contributed by atoms with van der Waals surface area (Å²) in [4.78, 5) is 25.4. The Morgan fingerprint density at radius 1 is 1.04 bits per heavy atom. The van der Waals surface area contributed by atoms with Crippen LogP contribution in [0.1, 0.15) is 46.0 Å². The van der Waals surface area contributed by atoms with Gasteiger partial charge in [-0.05, 0) is 49.9 Å². The van der Waals surface area contributed by atoms with Crippen LogP contribution in [0.2, 0.25) is 0 Å². The van der Waals surface area contributed by atoms with E-state index in [1.165, 1.54) is 19.3 Å². The van der Waals surface area contributed by atoms with Gasteiger partial charge in [0.1, 0.15) is 0 Å². The SMILES string of the molecule is CNC(=O)N1CCC(NC(=O)NCC2CC(C)CC(C)C2)CC1. The van der Waals surface area contributed by atoms with Crippen molar-refractivity contribution >= 4 is 12.1 Å². The normalized spacial score (nSPS) is 29.0. The van der Waals surface area contributed by atoms with E-state index in [4.69, 9.17) is 0 Å². The van der Waals surface area contributed by atoms with Gasteiger partial charge < -0.3 is 20.9 Å². The maximum Gasteiger partial charge on any atom is 0.317 e. The molecule has 4 amide bonds. The minimum atomic E-state index is -0.0609. The van der Waals surface area contributed by atoms with Crippen molar-refractivity contribution in [2.24, 2.45) is 17.8 Å². The second-order valence-electron chi connectivity index (χ2n) is 7.45. The zero-order valence-electron chi connectivity index (χ0n) is 14.7. The van der Waals surface area contributed by atoms with Gasteiger partial charge in [0.2, 0.25) is 0 Å². The first kappa shape index (κ1) is 17.9. The molecule has 1 saturated heterocycles. The fourth-order valence-corrected chi connectivity index (χ4v) is 4.14. The van der Waals surface area contributed by atoms with E-state index in [0.717, 1.165) is 31.2 Å². The number of carbonyl (C=O) groups excluding carboxylic acids is 2. The number of nitrogens with zero attached hydrogens (tertiary/aromatic N) is 1. The number of hydrogen-bond acceptors (Lipinski definition) is 2. The number of amides is 4. The molecule has 23 heavy (non-hydrogen) atoms. The lowest BCUT2D eigenvalue weighted by Gasteiger charge is -2.33. The Balaban J connectivity index is 1.65. The molecule has 2 rings (SSSR count). The van der Waals surface area contributed by atoms with Gasteiger partial charge in [0.25, 0.3) is 0 Å². The van der Waals surface area contributed by atoms with E-state index >= 15 is 0 Å². The summed E-state index contributed by atoms with van der Waals surface area (Å²) in [5.74, 6) is 2.14. The molecule has 1 aliphatic heterocycles. The summed E-state index contributed by atoms with van der Waals surface area (Å²) in [5.41, 5.74) is 0. The number of piperidine rings is 1. The molecule has 1 aliphatic carbocycles. The third-order valence-electron chi connectivity index (χ3n) is 5.16. The minimum Gasteiger partial charge on any atom is -0.341 e. The summed E-state index contributed by atoms with van der Waals surface area (Å²) >= 11 is 0. The van der Waals surface area contributed by atoms with E-state index in [-0.39, 0.29) is 18.1 Å². The molecule has 0 aromatic rings. The zero-order valence-corrected chi connectivity index (χ0v) is 14.7. The van der Waals surface area contributed by atoms with Crippen LogP contribution >= 0.6 is 0 Å². The van der Waals surface area contributed by atoms with E-state index in [1.807, 2.05) is 0 Å². The first-order valence-electron chi connectivity index (χ1n) is 8.99. The van der Waals surface area contributed by atoms with E-state index in [2.05, 4.69) is 29.8 Å². The van der Waals surface area contributed by atoms with Crippen molar-refractivity contribution in [2.75, 3.05) is 26.7 Å². The largest absolute Gasteiger partial charge is 0.341 e. The first-order chi connectivity index (χ1) is 11.0. The fourth-order valence-electron chi connectivity index (χ4n) is 4.14. The van der Waals surface area contributed by atoms with Gasteiger partial charge in [0.15, 0.2) is 0 Å². The highest BCUT2D eigenvalue weighted by Gasteiger charge is 2.25. The molecule has 6 nitrogen and oxygen atoms in total. The Morgan fingerprint density at radius 3 is 2.22 bits per heavy atom. The number of nitrogens with one attached hydrogen (secondary N) is 3. The lowest BCUT2D eigenvalue weighted by molar-refractivity contribution is 0.176. The van der Waals surface area contributed by atoms with Gasteiger partial charge in [0.05, 0.1) is 0 Å². The highest BCUT2D eigenvalue weighted by atomic mass is 16.2. The van der Waals surface area contributed by atoms with Crippen LogP contribution in [0.4, 0.5) is 9.59 Å². The van der Waals surface area contributed by atoms with E-state index < -0.39 is 0 Å². The molecule has 2 fully saturated rings. The minimum absolute atomic E-state index is 0.0339. The second kappa shape index (κ2) is 8.41. The summed E-state index contributed by atoms with van der Waals surface area (Å²) in [6, 6.07) is 0.0721. The molecule has 2 unspecified atom stereocenters. The monoisotopic (exact) mass is 324 g/mol. The van der Waals surface area contributed by atoms with E-state index in [9.17, 15) is 9.59 Å². The van der Waals surface area contributed by atoms with Gasteiger partial charge in [-0.15, -0.1) is 0 Å². The van der Waals surface area contributed by atoms with Gasteiger partial charge in [-0.25, -0.2) is 9.59 Å². The third-order valence-corrected chi connectivity index (χ3v) is 5.16. The smallest absolute Gasteiger partial charge is 0.317 e. The molecule has 1 saturated carbocycles. The average molecular weight is 324 g/mol. The highest BCUT2D eigenvalue weighted by Crippen LogP contribution is 2.32. The Labute approximate surface area is 139 Å². The van der Waals surface area contributed by atoms with Crippen LogP contribution in [-0.4, -0.2) is 49.7 Å². The van der Waals surface area contributed by atoms with Gasteiger partial charge in [-0.2, -0.15) is 0 Å². The van der Waals surface area contributed by atoms with Crippen LogP contribution in [0.3, 0.4) is 0 Å². The molecule has 0 spiro atoms. The molecule has 0 aromatic carbocycles. The first-order valence-corrected chi connectivity index (χ1v) is 8.99. The molecular weight excluding hydrogens is 292 g/mol. The summed E-state index contributed by atoms with van der Waals surface area (Å²) in [7, 11) is 1.65. The highest BCUT2D eigenvalue weighted by molar-refractivity contribution is 5.75. The van der Waals surface area contributed by atoms with Crippen LogP contribution < -0.4 is 16.0 Å². The summed E-state index contributed by atoms with van der Waals surface area (Å²) in [6.07, 6.45) is 5.38. The van der Waals surface area contributed by atoms with Gasteiger partial charge in [-0.3, -0.25) is 0 Å². The average Bonchev–Trinajstić information content (AvgIpc) is 2.52. The molecule has 6 heteroatoms. The second-order valence-corrected chi connectivity index (χ2v) is 7.45. The number of carbonyl (C=O) groups is 2. The number of hydrogen-bond donors (Lipinski definition) is 3. The standard InChI is InChI=1S/C17H32N4O2/c1-12-8-13(2)10-14(9-12)11-19-16(22)20-15-4-6-21(7-5-15)17(23)18-3/h12-15H,4-11H2,1-3H3,(H,18,23)(H2,19,20,22). The molecule has 2 atom stereocenters.